The first-order chi connectivity index (χ1) is 8.59. The average Bonchev–Trinajstić information content (AvgIpc) is 2.62. The van der Waals surface area contributed by atoms with Gasteiger partial charge in [-0.2, -0.15) is 5.10 Å². The lowest BCUT2D eigenvalue weighted by Crippen LogP contribution is -2.36. The molecule has 5 nitrogen and oxygen atoms in total. The maximum Gasteiger partial charge on any atom is 0.232 e. The average molecular weight is 268 g/mol. The molecule has 1 aromatic rings. The summed E-state index contributed by atoms with van der Waals surface area (Å²) in [6.07, 6.45) is 3.50. The molecule has 1 saturated heterocycles. The molecule has 1 aliphatic heterocycles. The second-order valence-corrected chi connectivity index (χ2v) is 5.62. The fraction of sp³-hybridized carbons (Fsp3) is 0.667. The summed E-state index contributed by atoms with van der Waals surface area (Å²) in [5.74, 6) is 0.654. The number of carbonyl (C=O) groups excluding carboxylic acids is 1. The van der Waals surface area contributed by atoms with Gasteiger partial charge in [-0.3, -0.25) is 9.48 Å². The lowest BCUT2D eigenvalue weighted by atomic mass is 10.1. The Morgan fingerprint density at radius 3 is 2.61 bits per heavy atom. The minimum absolute atomic E-state index is 0.206. The Kier molecular flexibility index (Phi) is 4.16. The molecule has 1 aromatic heterocycles. The standard InChI is InChI=1S/C12H20N4OS/c1-9-11(13)12(15(2)14-9)18-8-10(17)16-6-4-3-5-7-16/h3-8,13H2,1-2H3. The van der Waals surface area contributed by atoms with E-state index >= 15 is 0 Å². The van der Waals surface area contributed by atoms with E-state index in [0.29, 0.717) is 11.4 Å². The van der Waals surface area contributed by atoms with Gasteiger partial charge in [0.05, 0.1) is 17.1 Å². The van der Waals surface area contributed by atoms with E-state index in [1.54, 1.807) is 4.68 Å². The quantitative estimate of drug-likeness (QED) is 0.842. The van der Waals surface area contributed by atoms with E-state index in [-0.39, 0.29) is 5.91 Å². The van der Waals surface area contributed by atoms with Crippen molar-refractivity contribution in [3.63, 3.8) is 0 Å². The van der Waals surface area contributed by atoms with Crippen LogP contribution in [0.25, 0.3) is 0 Å². The van der Waals surface area contributed by atoms with Gasteiger partial charge in [0.25, 0.3) is 0 Å². The van der Waals surface area contributed by atoms with Crippen LogP contribution < -0.4 is 5.73 Å². The fourth-order valence-electron chi connectivity index (χ4n) is 2.19. The molecule has 2 heterocycles. The molecular weight excluding hydrogens is 248 g/mol. The van der Waals surface area contributed by atoms with Crippen LogP contribution in [0.1, 0.15) is 25.0 Å². The highest BCUT2D eigenvalue weighted by molar-refractivity contribution is 8.00. The van der Waals surface area contributed by atoms with Crippen LogP contribution >= 0.6 is 11.8 Å². The van der Waals surface area contributed by atoms with Crippen molar-refractivity contribution in [3.05, 3.63) is 5.69 Å². The number of aryl methyl sites for hydroxylation is 2. The molecule has 0 aromatic carbocycles. The lowest BCUT2D eigenvalue weighted by molar-refractivity contribution is -0.129. The van der Waals surface area contributed by atoms with Gasteiger partial charge >= 0.3 is 0 Å². The van der Waals surface area contributed by atoms with Crippen molar-refractivity contribution in [2.75, 3.05) is 24.6 Å². The van der Waals surface area contributed by atoms with E-state index < -0.39 is 0 Å². The molecular formula is C12H20N4OS. The van der Waals surface area contributed by atoms with Gasteiger partial charge in [0.15, 0.2) is 0 Å². The number of hydrogen-bond donors (Lipinski definition) is 1. The van der Waals surface area contributed by atoms with Gasteiger partial charge in [0.2, 0.25) is 5.91 Å². The second kappa shape index (κ2) is 5.65. The molecule has 100 valence electrons. The molecule has 0 saturated carbocycles. The number of piperidine rings is 1. The van der Waals surface area contributed by atoms with Crippen molar-refractivity contribution in [1.82, 2.24) is 14.7 Å². The Bertz CT molecular complexity index is 438. The van der Waals surface area contributed by atoms with Crippen LogP contribution in [0.2, 0.25) is 0 Å². The molecule has 0 radical (unpaired) electrons. The monoisotopic (exact) mass is 268 g/mol. The number of rotatable bonds is 3. The zero-order valence-electron chi connectivity index (χ0n) is 11.0. The largest absolute Gasteiger partial charge is 0.395 e. The predicted molar refractivity (Wildman–Crippen MR) is 73.5 cm³/mol. The molecule has 1 fully saturated rings. The first kappa shape index (κ1) is 13.3. The molecule has 2 rings (SSSR count). The molecule has 0 bridgehead atoms. The van der Waals surface area contributed by atoms with Crippen LogP contribution in [-0.2, 0) is 11.8 Å². The number of nitrogens with two attached hydrogens (primary N) is 1. The minimum Gasteiger partial charge on any atom is -0.395 e. The van der Waals surface area contributed by atoms with E-state index in [4.69, 9.17) is 5.73 Å². The highest BCUT2D eigenvalue weighted by Gasteiger charge is 2.18. The third-order valence-corrected chi connectivity index (χ3v) is 4.40. The number of thioether (sulfide) groups is 1. The molecule has 0 unspecified atom stereocenters. The minimum atomic E-state index is 0.206. The summed E-state index contributed by atoms with van der Waals surface area (Å²) in [4.78, 5) is 14.0. The first-order valence-electron chi connectivity index (χ1n) is 6.29. The van der Waals surface area contributed by atoms with Crippen LogP contribution in [0.15, 0.2) is 5.03 Å². The Balaban J connectivity index is 1.92. The zero-order valence-corrected chi connectivity index (χ0v) is 11.8. The Labute approximate surface area is 112 Å². The summed E-state index contributed by atoms with van der Waals surface area (Å²) < 4.78 is 1.75. The molecule has 6 heteroatoms. The fourth-order valence-corrected chi connectivity index (χ4v) is 3.16. The Morgan fingerprint density at radius 2 is 2.06 bits per heavy atom. The maximum absolute atomic E-state index is 12.0. The van der Waals surface area contributed by atoms with Gasteiger partial charge in [0.1, 0.15) is 5.03 Å². The summed E-state index contributed by atoms with van der Waals surface area (Å²) >= 11 is 1.48. The van der Waals surface area contributed by atoms with Crippen LogP contribution in [0.5, 0.6) is 0 Å². The topological polar surface area (TPSA) is 64.2 Å². The number of nitrogen functional groups attached to an aromatic ring is 1. The number of likely N-dealkylation sites (tertiary alicyclic amines) is 1. The lowest BCUT2D eigenvalue weighted by Gasteiger charge is -2.26. The summed E-state index contributed by atoms with van der Waals surface area (Å²) in [6, 6.07) is 0. The zero-order chi connectivity index (χ0) is 13.1. The van der Waals surface area contributed by atoms with Crippen LogP contribution in [0.3, 0.4) is 0 Å². The smallest absolute Gasteiger partial charge is 0.232 e. The van der Waals surface area contributed by atoms with Crippen molar-refractivity contribution in [3.8, 4) is 0 Å². The van der Waals surface area contributed by atoms with Gasteiger partial charge in [-0.05, 0) is 26.2 Å². The van der Waals surface area contributed by atoms with E-state index in [2.05, 4.69) is 5.10 Å². The van der Waals surface area contributed by atoms with Gasteiger partial charge in [-0.25, -0.2) is 0 Å². The molecule has 0 atom stereocenters. The van der Waals surface area contributed by atoms with E-state index in [1.165, 1.54) is 18.2 Å². The molecule has 0 spiro atoms. The number of carbonyl (C=O) groups is 1. The van der Waals surface area contributed by atoms with Gasteiger partial charge in [-0.15, -0.1) is 0 Å². The summed E-state index contributed by atoms with van der Waals surface area (Å²) in [7, 11) is 1.86. The van der Waals surface area contributed by atoms with Crippen molar-refractivity contribution in [2.24, 2.45) is 7.05 Å². The molecule has 2 N–H and O–H groups in total. The Hall–Kier alpha value is -1.17. The van der Waals surface area contributed by atoms with Gasteiger partial charge in [-0.1, -0.05) is 11.8 Å². The highest BCUT2D eigenvalue weighted by atomic mass is 32.2. The van der Waals surface area contributed by atoms with Crippen molar-refractivity contribution < 1.29 is 4.79 Å². The van der Waals surface area contributed by atoms with Gasteiger partial charge < -0.3 is 10.6 Å². The maximum atomic E-state index is 12.0. The second-order valence-electron chi connectivity index (χ2n) is 4.66. The number of anilines is 1. The third-order valence-electron chi connectivity index (χ3n) is 3.26. The van der Waals surface area contributed by atoms with E-state index in [9.17, 15) is 4.79 Å². The number of hydrogen-bond acceptors (Lipinski definition) is 4. The van der Waals surface area contributed by atoms with Crippen LogP contribution in [0, 0.1) is 6.92 Å². The van der Waals surface area contributed by atoms with Crippen molar-refractivity contribution in [2.45, 2.75) is 31.2 Å². The number of amides is 1. The highest BCUT2D eigenvalue weighted by Crippen LogP contribution is 2.27. The summed E-state index contributed by atoms with van der Waals surface area (Å²) in [6.45, 7) is 3.68. The molecule has 0 aliphatic carbocycles. The number of nitrogens with zero attached hydrogens (tertiary/aromatic N) is 3. The SMILES string of the molecule is Cc1nn(C)c(SCC(=O)N2CCCCC2)c1N. The van der Waals surface area contributed by atoms with E-state index in [0.717, 1.165) is 36.7 Å². The normalized spacial score (nSPS) is 16.0. The summed E-state index contributed by atoms with van der Waals surface area (Å²) in [5.41, 5.74) is 7.45. The van der Waals surface area contributed by atoms with Crippen LogP contribution in [0.4, 0.5) is 5.69 Å². The van der Waals surface area contributed by atoms with Gasteiger partial charge in [0, 0.05) is 20.1 Å². The van der Waals surface area contributed by atoms with Crippen molar-refractivity contribution in [1.29, 1.82) is 0 Å². The number of aromatic nitrogens is 2. The molecule has 1 amide bonds. The molecule has 1 aliphatic rings. The first-order valence-corrected chi connectivity index (χ1v) is 7.28. The summed E-state index contributed by atoms with van der Waals surface area (Å²) in [5, 5.41) is 5.13. The van der Waals surface area contributed by atoms with Crippen molar-refractivity contribution >= 4 is 23.4 Å². The van der Waals surface area contributed by atoms with Crippen LogP contribution in [-0.4, -0.2) is 39.4 Å². The Morgan fingerprint density at radius 1 is 1.39 bits per heavy atom. The van der Waals surface area contributed by atoms with E-state index in [1.807, 2.05) is 18.9 Å². The third kappa shape index (κ3) is 2.80. The predicted octanol–water partition coefficient (Wildman–Crippen LogP) is 1.42. The molecule has 18 heavy (non-hydrogen) atoms.